The standard InChI is InChI=1S/C18H16N4S2/c1-3-20-18-22(16(12-24-18)17-5-4-10-23-17)21-13(2)15-8-6-14(11-19)7-9-15/h4-10,12H,3H2,1-2H3. The van der Waals surface area contributed by atoms with Crippen molar-refractivity contribution in [3.8, 4) is 16.6 Å². The first-order valence-electron chi connectivity index (χ1n) is 7.54. The fraction of sp³-hybridized carbons (Fsp3) is 0.167. The minimum absolute atomic E-state index is 0.649. The van der Waals surface area contributed by atoms with Gasteiger partial charge in [-0.1, -0.05) is 18.2 Å². The van der Waals surface area contributed by atoms with E-state index in [0.29, 0.717) is 5.56 Å². The van der Waals surface area contributed by atoms with Gasteiger partial charge in [0.25, 0.3) is 0 Å². The Hall–Kier alpha value is -2.49. The van der Waals surface area contributed by atoms with Crippen molar-refractivity contribution in [2.24, 2.45) is 10.1 Å². The molecule has 120 valence electrons. The van der Waals surface area contributed by atoms with Crippen LogP contribution in [-0.2, 0) is 0 Å². The van der Waals surface area contributed by atoms with E-state index in [1.54, 1.807) is 22.7 Å². The van der Waals surface area contributed by atoms with Gasteiger partial charge in [-0.05, 0) is 43.0 Å². The van der Waals surface area contributed by atoms with E-state index < -0.39 is 0 Å². The van der Waals surface area contributed by atoms with E-state index in [4.69, 9.17) is 10.4 Å². The molecule has 0 saturated heterocycles. The Labute approximate surface area is 148 Å². The fourth-order valence-electron chi connectivity index (χ4n) is 2.23. The van der Waals surface area contributed by atoms with Crippen molar-refractivity contribution in [3.63, 3.8) is 0 Å². The topological polar surface area (TPSA) is 53.4 Å². The number of nitriles is 1. The molecule has 6 heteroatoms. The summed E-state index contributed by atoms with van der Waals surface area (Å²) < 4.78 is 1.91. The van der Waals surface area contributed by atoms with Crippen LogP contribution in [0.3, 0.4) is 0 Å². The summed E-state index contributed by atoms with van der Waals surface area (Å²) in [5.74, 6) is 0. The number of thiazole rings is 1. The molecule has 0 aliphatic rings. The number of hydrogen-bond acceptors (Lipinski definition) is 5. The third kappa shape index (κ3) is 3.37. The third-order valence-electron chi connectivity index (χ3n) is 3.43. The maximum Gasteiger partial charge on any atom is 0.206 e. The van der Waals surface area contributed by atoms with Crippen molar-refractivity contribution < 1.29 is 0 Å². The van der Waals surface area contributed by atoms with Gasteiger partial charge < -0.3 is 0 Å². The van der Waals surface area contributed by atoms with Crippen LogP contribution < -0.4 is 4.80 Å². The zero-order valence-corrected chi connectivity index (χ0v) is 15.1. The highest BCUT2D eigenvalue weighted by Gasteiger charge is 2.09. The summed E-state index contributed by atoms with van der Waals surface area (Å²) in [6.07, 6.45) is 0. The van der Waals surface area contributed by atoms with Gasteiger partial charge in [0, 0.05) is 11.9 Å². The normalized spacial score (nSPS) is 12.4. The molecule has 2 heterocycles. The average Bonchev–Trinajstić information content (AvgIpc) is 3.26. The number of thiophene rings is 1. The molecule has 0 unspecified atom stereocenters. The number of nitrogens with zero attached hydrogens (tertiary/aromatic N) is 4. The lowest BCUT2D eigenvalue weighted by Crippen LogP contribution is -2.14. The summed E-state index contributed by atoms with van der Waals surface area (Å²) in [5, 5.41) is 17.9. The first-order chi connectivity index (χ1) is 11.7. The minimum atomic E-state index is 0.649. The van der Waals surface area contributed by atoms with Gasteiger partial charge in [0.05, 0.1) is 27.9 Å². The molecule has 1 aromatic carbocycles. The molecular formula is C18H16N4S2. The van der Waals surface area contributed by atoms with E-state index in [0.717, 1.165) is 28.3 Å². The molecular weight excluding hydrogens is 336 g/mol. The molecule has 3 rings (SSSR count). The van der Waals surface area contributed by atoms with Crippen molar-refractivity contribution in [1.29, 1.82) is 5.26 Å². The molecule has 24 heavy (non-hydrogen) atoms. The summed E-state index contributed by atoms with van der Waals surface area (Å²) in [4.78, 5) is 6.60. The Balaban J connectivity index is 2.08. The molecule has 0 atom stereocenters. The zero-order chi connectivity index (χ0) is 16.9. The summed E-state index contributed by atoms with van der Waals surface area (Å²) in [5.41, 5.74) is 3.58. The van der Waals surface area contributed by atoms with E-state index >= 15 is 0 Å². The molecule has 0 spiro atoms. The van der Waals surface area contributed by atoms with Crippen molar-refractivity contribution in [3.05, 3.63) is 63.1 Å². The Morgan fingerprint density at radius 3 is 2.62 bits per heavy atom. The van der Waals surface area contributed by atoms with Crippen LogP contribution in [0.15, 0.2) is 57.3 Å². The maximum atomic E-state index is 8.92. The smallest absolute Gasteiger partial charge is 0.206 e. The van der Waals surface area contributed by atoms with Crippen LogP contribution >= 0.6 is 22.7 Å². The van der Waals surface area contributed by atoms with Crippen LogP contribution in [0.1, 0.15) is 25.0 Å². The number of benzene rings is 1. The molecule has 0 aliphatic carbocycles. The Bertz CT molecular complexity index is 952. The van der Waals surface area contributed by atoms with Crippen LogP contribution in [0, 0.1) is 11.3 Å². The van der Waals surface area contributed by atoms with Crippen molar-refractivity contribution in [2.45, 2.75) is 13.8 Å². The van der Waals surface area contributed by atoms with Gasteiger partial charge in [0.15, 0.2) is 0 Å². The lowest BCUT2D eigenvalue weighted by Gasteiger charge is -2.05. The Morgan fingerprint density at radius 1 is 1.21 bits per heavy atom. The molecule has 0 radical (unpaired) electrons. The molecule has 0 saturated carbocycles. The predicted molar refractivity (Wildman–Crippen MR) is 100 cm³/mol. The third-order valence-corrected chi connectivity index (χ3v) is 5.18. The average molecular weight is 352 g/mol. The summed E-state index contributed by atoms with van der Waals surface area (Å²) in [6.45, 7) is 4.71. The summed E-state index contributed by atoms with van der Waals surface area (Å²) in [6, 6.07) is 13.7. The van der Waals surface area contributed by atoms with E-state index in [1.165, 1.54) is 4.88 Å². The van der Waals surface area contributed by atoms with Crippen molar-refractivity contribution in [1.82, 2.24) is 4.68 Å². The fourth-order valence-corrected chi connectivity index (χ4v) is 3.92. The minimum Gasteiger partial charge on any atom is -0.258 e. The molecule has 2 aromatic heterocycles. The van der Waals surface area contributed by atoms with Gasteiger partial charge >= 0.3 is 0 Å². The van der Waals surface area contributed by atoms with Gasteiger partial charge in [-0.25, -0.2) is 4.68 Å². The largest absolute Gasteiger partial charge is 0.258 e. The zero-order valence-electron chi connectivity index (χ0n) is 13.4. The predicted octanol–water partition coefficient (Wildman–Crippen LogP) is 4.34. The van der Waals surface area contributed by atoms with Crippen LogP contribution in [0.5, 0.6) is 0 Å². The molecule has 0 N–H and O–H groups in total. The second kappa shape index (κ2) is 7.39. The van der Waals surface area contributed by atoms with Gasteiger partial charge in [-0.3, -0.25) is 4.99 Å². The number of hydrogen-bond donors (Lipinski definition) is 0. The molecule has 4 nitrogen and oxygen atoms in total. The number of aromatic nitrogens is 1. The lowest BCUT2D eigenvalue weighted by molar-refractivity contribution is 0.829. The van der Waals surface area contributed by atoms with E-state index in [2.05, 4.69) is 27.9 Å². The first kappa shape index (κ1) is 16.4. The van der Waals surface area contributed by atoms with E-state index in [9.17, 15) is 0 Å². The highest BCUT2D eigenvalue weighted by Crippen LogP contribution is 2.25. The van der Waals surface area contributed by atoms with Gasteiger partial charge in [-0.2, -0.15) is 10.4 Å². The van der Waals surface area contributed by atoms with Crippen molar-refractivity contribution >= 4 is 28.4 Å². The molecule has 0 fully saturated rings. The second-order valence-corrected chi connectivity index (χ2v) is 6.83. The highest BCUT2D eigenvalue weighted by molar-refractivity contribution is 7.14. The molecule has 0 bridgehead atoms. The van der Waals surface area contributed by atoms with E-state index in [-0.39, 0.29) is 0 Å². The van der Waals surface area contributed by atoms with Crippen LogP contribution in [0.4, 0.5) is 0 Å². The maximum absolute atomic E-state index is 8.92. The van der Waals surface area contributed by atoms with Crippen LogP contribution in [0.25, 0.3) is 10.6 Å². The van der Waals surface area contributed by atoms with Crippen LogP contribution in [0.2, 0.25) is 0 Å². The molecule has 3 aromatic rings. The summed E-state index contributed by atoms with van der Waals surface area (Å²) in [7, 11) is 0. The lowest BCUT2D eigenvalue weighted by atomic mass is 10.1. The van der Waals surface area contributed by atoms with E-state index in [1.807, 2.05) is 48.9 Å². The van der Waals surface area contributed by atoms with Crippen LogP contribution in [-0.4, -0.2) is 16.9 Å². The monoisotopic (exact) mass is 352 g/mol. The molecule has 0 aliphatic heterocycles. The Kier molecular flexibility index (Phi) is 5.04. The van der Waals surface area contributed by atoms with Gasteiger partial charge in [0.1, 0.15) is 0 Å². The second-order valence-electron chi connectivity index (χ2n) is 5.04. The number of rotatable bonds is 4. The first-order valence-corrected chi connectivity index (χ1v) is 9.30. The molecule has 0 amide bonds. The summed E-state index contributed by atoms with van der Waals surface area (Å²) >= 11 is 3.28. The van der Waals surface area contributed by atoms with Gasteiger partial charge in [0.2, 0.25) is 4.80 Å². The highest BCUT2D eigenvalue weighted by atomic mass is 32.1. The Morgan fingerprint density at radius 2 is 2.00 bits per heavy atom. The van der Waals surface area contributed by atoms with Crippen molar-refractivity contribution in [2.75, 3.05) is 6.54 Å². The SMILES string of the molecule is CCN=c1scc(-c2cccs2)n1N=C(C)c1ccc(C#N)cc1. The quantitative estimate of drug-likeness (QED) is 0.644. The van der Waals surface area contributed by atoms with Gasteiger partial charge in [-0.15, -0.1) is 22.7 Å².